The fourth-order valence-electron chi connectivity index (χ4n) is 4.53. The van der Waals surface area contributed by atoms with Gasteiger partial charge in [-0.15, -0.1) is 0 Å². The second kappa shape index (κ2) is 9.16. The molecule has 34 heavy (non-hydrogen) atoms. The van der Waals surface area contributed by atoms with Crippen molar-refractivity contribution in [2.75, 3.05) is 13.2 Å². The van der Waals surface area contributed by atoms with Gasteiger partial charge < -0.3 is 24.3 Å². The molecule has 0 amide bonds. The number of aromatic nitrogens is 2. The SMILES string of the molecule is [B][I-]c1ccc(-c2ccc(-c3cc4nc(O[C@@H]5CO[C@H]6[C@@H]5OC[C@H]6O)[nH]c4cc3Cl)cc2)cc1. The first kappa shape index (κ1) is 22.4. The normalized spacial score (nSPS) is 24.1. The number of fused-ring (bicyclic) bond motifs is 2. The number of nitrogens with zero attached hydrogens (tertiary/aromatic N) is 1. The van der Waals surface area contributed by atoms with Gasteiger partial charge in [-0.05, 0) is 0 Å². The van der Waals surface area contributed by atoms with Gasteiger partial charge in [-0.25, -0.2) is 0 Å². The zero-order valence-electron chi connectivity index (χ0n) is 17.9. The minimum atomic E-state index is -0.617. The molecule has 4 aromatic rings. The summed E-state index contributed by atoms with van der Waals surface area (Å²) in [6.07, 6.45) is -1.59. The summed E-state index contributed by atoms with van der Waals surface area (Å²) in [6.45, 7) is 0.603. The van der Waals surface area contributed by atoms with Crippen LogP contribution in [0.3, 0.4) is 0 Å². The molecule has 172 valence electrons. The van der Waals surface area contributed by atoms with Gasteiger partial charge in [-0.3, -0.25) is 0 Å². The molecule has 2 fully saturated rings. The Morgan fingerprint density at radius 1 is 0.971 bits per heavy atom. The zero-order chi connectivity index (χ0) is 23.2. The number of ether oxygens (including phenoxy) is 3. The number of aliphatic hydroxyl groups excluding tert-OH is 1. The average molecular weight is 586 g/mol. The molecule has 2 N–H and O–H groups in total. The first-order valence-corrected chi connectivity index (χ1v) is 13.6. The predicted octanol–water partition coefficient (Wildman–Crippen LogP) is 0.798. The Labute approximate surface area is 213 Å². The molecule has 3 heterocycles. The van der Waals surface area contributed by atoms with E-state index in [0.717, 1.165) is 33.3 Å². The van der Waals surface area contributed by atoms with E-state index in [1.54, 1.807) is 0 Å². The van der Waals surface area contributed by atoms with Crippen LogP contribution in [0.15, 0.2) is 60.7 Å². The third kappa shape index (κ3) is 4.11. The number of aliphatic hydroxyl groups is 1. The van der Waals surface area contributed by atoms with Gasteiger partial charge >= 0.3 is 146 Å². The summed E-state index contributed by atoms with van der Waals surface area (Å²) in [5.41, 5.74) is 11.5. The standard InChI is InChI=1S/C25H20BClIN2O4/c26-28-16-7-5-14(6-8-16)13-1-3-15(4-2-13)17-9-19-20(10-18(17)27)30-25(29-19)34-22-12-33-23-21(31)11-32-24(22)23/h1-10,21-24,31H,11-12H2,(H,29,30)/q-1/t21-,22-,23-,24-/m1/s1. The van der Waals surface area contributed by atoms with Crippen molar-refractivity contribution < 1.29 is 40.3 Å². The van der Waals surface area contributed by atoms with Crippen molar-refractivity contribution in [3.05, 3.63) is 69.3 Å². The third-order valence-corrected chi connectivity index (χ3v) is 8.04. The molecule has 2 radical (unpaired) electrons. The fraction of sp³-hybridized carbons (Fsp3) is 0.240. The first-order chi connectivity index (χ1) is 16.6. The Balaban J connectivity index is 1.24. The van der Waals surface area contributed by atoms with E-state index in [-0.39, 0.29) is 24.9 Å². The molecule has 0 saturated carbocycles. The first-order valence-electron chi connectivity index (χ1n) is 10.9. The van der Waals surface area contributed by atoms with E-state index in [0.29, 0.717) is 17.6 Å². The van der Waals surface area contributed by atoms with Crippen LogP contribution >= 0.6 is 11.6 Å². The zero-order valence-corrected chi connectivity index (χ0v) is 20.9. The van der Waals surface area contributed by atoms with Crippen LogP contribution in [0.2, 0.25) is 5.02 Å². The van der Waals surface area contributed by atoms with Crippen molar-refractivity contribution in [2.24, 2.45) is 0 Å². The van der Waals surface area contributed by atoms with E-state index in [9.17, 15) is 5.11 Å². The van der Waals surface area contributed by atoms with Gasteiger partial charge in [0.1, 0.15) is 18.3 Å². The molecule has 1 aromatic heterocycles. The molecule has 9 heteroatoms. The van der Waals surface area contributed by atoms with E-state index in [4.69, 9.17) is 31.5 Å². The van der Waals surface area contributed by atoms with Crippen LogP contribution in [0.1, 0.15) is 0 Å². The van der Waals surface area contributed by atoms with Crippen LogP contribution in [0, 0.1) is 3.57 Å². The van der Waals surface area contributed by atoms with Gasteiger partial charge in [-0.2, -0.15) is 0 Å². The third-order valence-electron chi connectivity index (χ3n) is 6.29. The van der Waals surface area contributed by atoms with Crippen LogP contribution in [0.5, 0.6) is 6.01 Å². The Morgan fingerprint density at radius 3 is 2.38 bits per heavy atom. The van der Waals surface area contributed by atoms with Gasteiger partial charge in [0.2, 0.25) is 0 Å². The van der Waals surface area contributed by atoms with Crippen molar-refractivity contribution in [1.29, 1.82) is 0 Å². The van der Waals surface area contributed by atoms with Crippen molar-refractivity contribution in [3.63, 3.8) is 0 Å². The predicted molar refractivity (Wildman–Crippen MR) is 126 cm³/mol. The fourth-order valence-corrected chi connectivity index (χ4v) is 5.58. The number of rotatable bonds is 5. The summed E-state index contributed by atoms with van der Waals surface area (Å²) in [5, 5.41) is 10.5. The Kier molecular flexibility index (Phi) is 6.03. The van der Waals surface area contributed by atoms with Crippen molar-refractivity contribution in [1.82, 2.24) is 9.97 Å². The summed E-state index contributed by atoms with van der Waals surface area (Å²) in [4.78, 5) is 7.78. The number of benzene rings is 3. The second-order valence-corrected chi connectivity index (χ2v) is 10.7. The van der Waals surface area contributed by atoms with Gasteiger partial charge in [-0.1, -0.05) is 0 Å². The number of H-pyrrole nitrogens is 1. The maximum atomic E-state index is 9.92. The van der Waals surface area contributed by atoms with Crippen molar-refractivity contribution in [3.8, 4) is 28.3 Å². The van der Waals surface area contributed by atoms with Crippen molar-refractivity contribution >= 4 is 28.3 Å². The average Bonchev–Trinajstić information content (AvgIpc) is 3.55. The molecule has 6 nitrogen and oxygen atoms in total. The Hall–Kier alpha value is -2.11. The summed E-state index contributed by atoms with van der Waals surface area (Å²) < 4.78 is 18.5. The number of hydrogen-bond donors (Lipinski definition) is 2. The minimum absolute atomic E-state index is 0.257. The maximum absolute atomic E-state index is 9.92. The van der Waals surface area contributed by atoms with Crippen molar-refractivity contribution in [2.45, 2.75) is 24.4 Å². The van der Waals surface area contributed by atoms with Crippen LogP contribution < -0.4 is 25.7 Å². The molecular weight excluding hydrogens is 565 g/mol. The van der Waals surface area contributed by atoms with Crippen LogP contribution in [-0.4, -0.2) is 58.4 Å². The quantitative estimate of drug-likeness (QED) is 0.268. The van der Waals surface area contributed by atoms with E-state index in [1.165, 1.54) is 3.57 Å². The number of hydrogen-bond acceptors (Lipinski definition) is 5. The molecule has 0 unspecified atom stereocenters. The summed E-state index contributed by atoms with van der Waals surface area (Å²) >= 11 is 6.24. The van der Waals surface area contributed by atoms with Gasteiger partial charge in [0, 0.05) is 0 Å². The van der Waals surface area contributed by atoms with Gasteiger partial charge in [0.15, 0.2) is 6.10 Å². The Morgan fingerprint density at radius 2 is 1.65 bits per heavy atom. The Bertz CT molecular complexity index is 1330. The van der Waals surface area contributed by atoms with E-state index < -0.39 is 27.1 Å². The van der Waals surface area contributed by atoms with E-state index >= 15 is 0 Å². The summed E-state index contributed by atoms with van der Waals surface area (Å²) in [5.74, 6) is 0. The van der Waals surface area contributed by atoms with Crippen LogP contribution in [0.25, 0.3) is 33.3 Å². The molecule has 3 aromatic carbocycles. The summed E-state index contributed by atoms with van der Waals surface area (Å²) in [6, 6.07) is 20.9. The van der Waals surface area contributed by atoms with Gasteiger partial charge in [0.25, 0.3) is 6.01 Å². The monoisotopic (exact) mass is 585 g/mol. The topological polar surface area (TPSA) is 76.6 Å². The summed E-state index contributed by atoms with van der Waals surface area (Å²) in [7, 11) is 0. The molecule has 4 atom stereocenters. The van der Waals surface area contributed by atoms with Crippen LogP contribution in [0.4, 0.5) is 0 Å². The number of halogens is 2. The van der Waals surface area contributed by atoms with Crippen LogP contribution in [-0.2, 0) is 9.47 Å². The number of imidazole rings is 1. The molecule has 6 rings (SSSR count). The van der Waals surface area contributed by atoms with Gasteiger partial charge in [0.05, 0.1) is 13.2 Å². The second-order valence-electron chi connectivity index (χ2n) is 8.40. The van der Waals surface area contributed by atoms with E-state index in [1.807, 2.05) is 12.1 Å². The molecule has 0 aliphatic carbocycles. The molecule has 0 bridgehead atoms. The number of aromatic amines is 1. The molecule has 2 saturated heterocycles. The molecular formula is C25H20BClIN2O4-. The molecule has 0 spiro atoms. The van der Waals surface area contributed by atoms with E-state index in [2.05, 4.69) is 58.5 Å². The molecule has 2 aliphatic heterocycles. The molecule has 2 aliphatic rings. The number of nitrogens with one attached hydrogen (secondary N) is 1.